The maximum Gasteiger partial charge on any atom is 0.107 e. The van der Waals surface area contributed by atoms with Gasteiger partial charge in [0.2, 0.25) is 0 Å². The standard InChI is InChI=1S/C3H8N2O/c1-2-4-3-5-6/h3,6H,2H2,1H3,(H,4,5). The summed E-state index contributed by atoms with van der Waals surface area (Å²) in [5.74, 6) is 0. The summed E-state index contributed by atoms with van der Waals surface area (Å²) in [7, 11) is 0. The van der Waals surface area contributed by atoms with Gasteiger partial charge >= 0.3 is 0 Å². The molecule has 0 aromatic heterocycles. The van der Waals surface area contributed by atoms with Gasteiger partial charge in [-0.25, -0.2) is 0 Å². The van der Waals surface area contributed by atoms with Crippen molar-refractivity contribution >= 4 is 6.34 Å². The summed E-state index contributed by atoms with van der Waals surface area (Å²) in [6.45, 7) is 2.58. The quantitative estimate of drug-likeness (QED) is 0.284. The van der Waals surface area contributed by atoms with E-state index in [1.54, 1.807) is 5.48 Å². The third-order valence-electron chi connectivity index (χ3n) is 0.332. The zero-order chi connectivity index (χ0) is 4.83. The monoisotopic (exact) mass is 88.1 g/mol. The Kier molecular flexibility index (Phi) is 4.01. The highest BCUT2D eigenvalue weighted by Gasteiger charge is 1.57. The molecule has 0 unspecified atom stereocenters. The van der Waals surface area contributed by atoms with Gasteiger partial charge in [-0.05, 0) is 6.92 Å². The Hall–Kier alpha value is -0.570. The summed E-state index contributed by atoms with van der Waals surface area (Å²) in [6.07, 6.45) is 1.24. The lowest BCUT2D eigenvalue weighted by molar-refractivity contribution is 0.239. The van der Waals surface area contributed by atoms with Crippen molar-refractivity contribution in [3.05, 3.63) is 0 Å². The minimum Gasteiger partial charge on any atom is -0.290 e. The first-order chi connectivity index (χ1) is 2.91. The summed E-state index contributed by atoms with van der Waals surface area (Å²) in [5.41, 5.74) is 1.78. The van der Waals surface area contributed by atoms with Crippen LogP contribution in [0, 0.1) is 0 Å². The van der Waals surface area contributed by atoms with Gasteiger partial charge in [0, 0.05) is 6.54 Å². The van der Waals surface area contributed by atoms with Gasteiger partial charge in [0.05, 0.1) is 0 Å². The van der Waals surface area contributed by atoms with E-state index in [1.807, 2.05) is 6.92 Å². The molecule has 3 heteroatoms. The second-order valence-corrected chi connectivity index (χ2v) is 0.757. The zero-order valence-electron chi connectivity index (χ0n) is 3.68. The lowest BCUT2D eigenvalue weighted by Crippen LogP contribution is -2.01. The highest BCUT2D eigenvalue weighted by atomic mass is 16.5. The van der Waals surface area contributed by atoms with Gasteiger partial charge in [-0.15, -0.1) is 0 Å². The van der Waals surface area contributed by atoms with E-state index in [0.29, 0.717) is 6.54 Å². The van der Waals surface area contributed by atoms with E-state index in [0.717, 1.165) is 0 Å². The van der Waals surface area contributed by atoms with E-state index in [9.17, 15) is 0 Å². The molecular formula is C3H8N2O. The lowest BCUT2D eigenvalue weighted by Gasteiger charge is -1.78. The molecule has 0 aliphatic rings. The molecule has 0 heterocycles. The van der Waals surface area contributed by atoms with Crippen LogP contribution >= 0.6 is 0 Å². The fourth-order valence-corrected chi connectivity index (χ4v) is 0.132. The maximum absolute atomic E-state index is 7.80. The van der Waals surface area contributed by atoms with Crippen molar-refractivity contribution in [3.63, 3.8) is 0 Å². The van der Waals surface area contributed by atoms with Gasteiger partial charge in [0.1, 0.15) is 6.34 Å². The van der Waals surface area contributed by atoms with Crippen LogP contribution in [0.3, 0.4) is 0 Å². The molecule has 0 amide bonds. The molecule has 0 aromatic carbocycles. The van der Waals surface area contributed by atoms with Gasteiger partial charge in [-0.3, -0.25) is 15.7 Å². The summed E-state index contributed by atoms with van der Waals surface area (Å²) in [4.78, 5) is 3.60. The number of rotatable bonds is 2. The Morgan fingerprint density at radius 1 is 2.00 bits per heavy atom. The topological polar surface area (TPSA) is 44.6 Å². The molecule has 3 nitrogen and oxygen atoms in total. The van der Waals surface area contributed by atoms with Gasteiger partial charge in [-0.2, -0.15) is 0 Å². The normalized spacial score (nSPS) is 9.67. The van der Waals surface area contributed by atoms with Crippen molar-refractivity contribution in [2.24, 2.45) is 4.99 Å². The molecule has 6 heavy (non-hydrogen) atoms. The van der Waals surface area contributed by atoms with Crippen molar-refractivity contribution in [2.75, 3.05) is 6.54 Å². The molecule has 0 rings (SSSR count). The molecule has 36 valence electrons. The van der Waals surface area contributed by atoms with Crippen LogP contribution in [0.5, 0.6) is 0 Å². The summed E-state index contributed by atoms with van der Waals surface area (Å²) in [6, 6.07) is 0. The first-order valence-corrected chi connectivity index (χ1v) is 1.79. The third-order valence-corrected chi connectivity index (χ3v) is 0.332. The van der Waals surface area contributed by atoms with Crippen LogP contribution in [0.1, 0.15) is 6.92 Å². The highest BCUT2D eigenvalue weighted by Crippen LogP contribution is 1.55. The molecule has 0 spiro atoms. The number of hydrogen-bond acceptors (Lipinski definition) is 2. The molecule has 0 aliphatic heterocycles. The minimum absolute atomic E-state index is 0.702. The number of aliphatic imine (C=N–C) groups is 1. The molecule has 0 aromatic rings. The van der Waals surface area contributed by atoms with Crippen molar-refractivity contribution in [1.29, 1.82) is 0 Å². The Morgan fingerprint density at radius 2 is 2.67 bits per heavy atom. The van der Waals surface area contributed by atoms with Gasteiger partial charge < -0.3 is 0 Å². The number of hydrogen-bond donors (Lipinski definition) is 2. The Bertz CT molecular complexity index is 38.1. The smallest absolute Gasteiger partial charge is 0.107 e. The van der Waals surface area contributed by atoms with E-state index in [-0.39, 0.29) is 0 Å². The van der Waals surface area contributed by atoms with E-state index < -0.39 is 0 Å². The summed E-state index contributed by atoms with van der Waals surface area (Å²) < 4.78 is 0. The van der Waals surface area contributed by atoms with Crippen LogP contribution in [-0.4, -0.2) is 18.1 Å². The van der Waals surface area contributed by atoms with Gasteiger partial charge in [0.25, 0.3) is 0 Å². The largest absolute Gasteiger partial charge is 0.290 e. The van der Waals surface area contributed by atoms with Crippen LogP contribution in [0.4, 0.5) is 0 Å². The van der Waals surface area contributed by atoms with E-state index in [1.165, 1.54) is 6.34 Å². The molecule has 0 bridgehead atoms. The molecular weight excluding hydrogens is 80.0 g/mol. The molecule has 0 atom stereocenters. The Balaban J connectivity index is 2.73. The summed E-state index contributed by atoms with van der Waals surface area (Å²) in [5, 5.41) is 7.80. The van der Waals surface area contributed by atoms with Crippen molar-refractivity contribution < 1.29 is 5.21 Å². The fourth-order valence-electron chi connectivity index (χ4n) is 0.132. The van der Waals surface area contributed by atoms with Gasteiger partial charge in [0.15, 0.2) is 0 Å². The number of hydroxylamine groups is 1. The molecule has 0 fully saturated rings. The SMILES string of the molecule is CCN=CNO. The van der Waals surface area contributed by atoms with E-state index in [2.05, 4.69) is 4.99 Å². The van der Waals surface area contributed by atoms with Gasteiger partial charge in [-0.1, -0.05) is 0 Å². The molecule has 0 radical (unpaired) electrons. The highest BCUT2D eigenvalue weighted by molar-refractivity contribution is 5.51. The minimum atomic E-state index is 0.702. The third kappa shape index (κ3) is 3.43. The van der Waals surface area contributed by atoms with Crippen LogP contribution < -0.4 is 5.48 Å². The predicted octanol–water partition coefficient (Wildman–Crippen LogP) is 0.0134. The van der Waals surface area contributed by atoms with E-state index in [4.69, 9.17) is 5.21 Å². The predicted molar refractivity (Wildman–Crippen MR) is 24.0 cm³/mol. The second-order valence-electron chi connectivity index (χ2n) is 0.757. The number of nitrogens with zero attached hydrogens (tertiary/aromatic N) is 1. The first kappa shape index (κ1) is 5.43. The lowest BCUT2D eigenvalue weighted by atomic mass is 10.8. The molecule has 2 N–H and O–H groups in total. The average Bonchev–Trinajstić information content (AvgIpc) is 1.61. The second kappa shape index (κ2) is 4.43. The van der Waals surface area contributed by atoms with Crippen molar-refractivity contribution in [1.82, 2.24) is 5.48 Å². The summed E-state index contributed by atoms with van der Waals surface area (Å²) >= 11 is 0. The zero-order valence-corrected chi connectivity index (χ0v) is 3.68. The van der Waals surface area contributed by atoms with Crippen LogP contribution in [0.2, 0.25) is 0 Å². The van der Waals surface area contributed by atoms with Crippen LogP contribution in [0.15, 0.2) is 4.99 Å². The Labute approximate surface area is 36.7 Å². The molecule has 0 saturated carbocycles. The maximum atomic E-state index is 7.80. The average molecular weight is 88.1 g/mol. The fraction of sp³-hybridized carbons (Fsp3) is 0.667. The number of nitrogens with one attached hydrogen (secondary N) is 1. The van der Waals surface area contributed by atoms with Crippen LogP contribution in [0.25, 0.3) is 0 Å². The van der Waals surface area contributed by atoms with Crippen molar-refractivity contribution in [2.45, 2.75) is 6.92 Å². The molecule has 0 aliphatic carbocycles. The van der Waals surface area contributed by atoms with Crippen molar-refractivity contribution in [3.8, 4) is 0 Å². The van der Waals surface area contributed by atoms with Crippen LogP contribution in [-0.2, 0) is 0 Å². The first-order valence-electron chi connectivity index (χ1n) is 1.79. The molecule has 0 saturated heterocycles. The van der Waals surface area contributed by atoms with E-state index >= 15 is 0 Å². The Morgan fingerprint density at radius 3 is 2.83 bits per heavy atom.